The van der Waals surface area contributed by atoms with Gasteiger partial charge in [0.05, 0.1) is 26.0 Å². The Morgan fingerprint density at radius 1 is 1.44 bits per heavy atom. The molecule has 25 heavy (non-hydrogen) atoms. The molecule has 0 bridgehead atoms. The fourth-order valence-corrected chi connectivity index (χ4v) is 2.48. The minimum absolute atomic E-state index is 0.0190. The standard InChI is InChI=1S/C18H24N4O3/c1-14-3-4-17(24-2)16(11-14)21-18(23)15(12-19)13-20-5-6-22-7-9-25-10-8-22/h3-4,11,13,20H,5-10H2,1-2H3,(H,21,23)/b15-13-. The molecule has 7 nitrogen and oxygen atoms in total. The van der Waals surface area contributed by atoms with Gasteiger partial charge in [0.2, 0.25) is 0 Å². The van der Waals surface area contributed by atoms with E-state index in [0.717, 1.165) is 38.4 Å². The second-order valence-electron chi connectivity index (χ2n) is 5.74. The van der Waals surface area contributed by atoms with Gasteiger partial charge in [-0.15, -0.1) is 0 Å². The molecule has 0 aromatic heterocycles. The second-order valence-corrected chi connectivity index (χ2v) is 5.74. The first-order chi connectivity index (χ1) is 12.1. The number of anilines is 1. The number of aryl methyl sites for hydroxylation is 1. The molecule has 1 heterocycles. The Kier molecular flexibility index (Phi) is 7.26. The molecule has 1 saturated heterocycles. The summed E-state index contributed by atoms with van der Waals surface area (Å²) in [6.07, 6.45) is 1.46. The number of carbonyl (C=O) groups excluding carboxylic acids is 1. The van der Waals surface area contributed by atoms with Gasteiger partial charge in [0, 0.05) is 32.4 Å². The molecule has 1 aromatic carbocycles. The van der Waals surface area contributed by atoms with E-state index in [4.69, 9.17) is 9.47 Å². The van der Waals surface area contributed by atoms with E-state index in [-0.39, 0.29) is 5.57 Å². The fourth-order valence-electron chi connectivity index (χ4n) is 2.48. The molecule has 2 N–H and O–H groups in total. The zero-order valence-electron chi connectivity index (χ0n) is 14.7. The third-order valence-corrected chi connectivity index (χ3v) is 3.89. The third kappa shape index (κ3) is 5.78. The molecule has 1 amide bonds. The van der Waals surface area contributed by atoms with E-state index in [0.29, 0.717) is 18.0 Å². The summed E-state index contributed by atoms with van der Waals surface area (Å²) in [4.78, 5) is 14.6. The molecule has 2 rings (SSSR count). The largest absolute Gasteiger partial charge is 0.495 e. The van der Waals surface area contributed by atoms with Crippen LogP contribution >= 0.6 is 0 Å². The van der Waals surface area contributed by atoms with Crippen LogP contribution in [0.3, 0.4) is 0 Å². The van der Waals surface area contributed by atoms with Gasteiger partial charge in [0.25, 0.3) is 5.91 Å². The summed E-state index contributed by atoms with van der Waals surface area (Å²) >= 11 is 0. The Morgan fingerprint density at radius 3 is 2.88 bits per heavy atom. The van der Waals surface area contributed by atoms with Crippen molar-refractivity contribution in [1.82, 2.24) is 10.2 Å². The molecule has 0 spiro atoms. The van der Waals surface area contributed by atoms with Crippen molar-refractivity contribution in [3.63, 3.8) is 0 Å². The van der Waals surface area contributed by atoms with Crippen molar-refractivity contribution in [2.24, 2.45) is 0 Å². The summed E-state index contributed by atoms with van der Waals surface area (Å²) in [6.45, 7) is 6.73. The summed E-state index contributed by atoms with van der Waals surface area (Å²) in [7, 11) is 1.54. The highest BCUT2D eigenvalue weighted by Crippen LogP contribution is 2.25. The van der Waals surface area contributed by atoms with Crippen molar-refractivity contribution in [3.05, 3.63) is 35.5 Å². The van der Waals surface area contributed by atoms with E-state index in [9.17, 15) is 10.1 Å². The summed E-state index contributed by atoms with van der Waals surface area (Å²) in [5, 5.41) is 15.0. The van der Waals surface area contributed by atoms with Crippen molar-refractivity contribution in [2.75, 3.05) is 51.8 Å². The Bertz CT molecular complexity index is 661. The molecule has 134 valence electrons. The molecule has 1 aliphatic rings. The number of methoxy groups -OCH3 is 1. The van der Waals surface area contributed by atoms with E-state index in [1.807, 2.05) is 19.1 Å². The summed E-state index contributed by atoms with van der Waals surface area (Å²) in [5.74, 6) is 0.0850. The number of amides is 1. The highest BCUT2D eigenvalue weighted by molar-refractivity contribution is 6.07. The van der Waals surface area contributed by atoms with Gasteiger partial charge in [-0.2, -0.15) is 5.26 Å². The molecule has 7 heteroatoms. The zero-order valence-corrected chi connectivity index (χ0v) is 14.7. The van der Waals surface area contributed by atoms with E-state index >= 15 is 0 Å². The fraction of sp³-hybridized carbons (Fsp3) is 0.444. The van der Waals surface area contributed by atoms with Gasteiger partial charge in [-0.05, 0) is 24.6 Å². The van der Waals surface area contributed by atoms with E-state index < -0.39 is 5.91 Å². The third-order valence-electron chi connectivity index (χ3n) is 3.89. The van der Waals surface area contributed by atoms with Crippen molar-refractivity contribution >= 4 is 11.6 Å². The average Bonchev–Trinajstić information content (AvgIpc) is 2.63. The van der Waals surface area contributed by atoms with Crippen molar-refractivity contribution in [2.45, 2.75) is 6.92 Å². The first-order valence-electron chi connectivity index (χ1n) is 8.24. The summed E-state index contributed by atoms with van der Waals surface area (Å²) in [6, 6.07) is 7.40. The van der Waals surface area contributed by atoms with Crippen LogP contribution in [0.25, 0.3) is 0 Å². The molecule has 1 aromatic rings. The number of rotatable bonds is 7. The smallest absolute Gasteiger partial charge is 0.267 e. The van der Waals surface area contributed by atoms with Crippen LogP contribution in [0.1, 0.15) is 5.56 Å². The minimum Gasteiger partial charge on any atom is -0.495 e. The number of nitriles is 1. The van der Waals surface area contributed by atoms with Crippen LogP contribution in [0.5, 0.6) is 5.75 Å². The Morgan fingerprint density at radius 2 is 2.20 bits per heavy atom. The highest BCUT2D eigenvalue weighted by atomic mass is 16.5. The van der Waals surface area contributed by atoms with Crippen LogP contribution in [0.15, 0.2) is 30.0 Å². The van der Waals surface area contributed by atoms with Gasteiger partial charge < -0.3 is 20.1 Å². The number of morpholine rings is 1. The van der Waals surface area contributed by atoms with Crippen LogP contribution in [0, 0.1) is 18.3 Å². The number of carbonyl (C=O) groups is 1. The van der Waals surface area contributed by atoms with Gasteiger partial charge in [-0.3, -0.25) is 9.69 Å². The van der Waals surface area contributed by atoms with Crippen LogP contribution in [0.4, 0.5) is 5.69 Å². The van der Waals surface area contributed by atoms with Gasteiger partial charge in [-0.1, -0.05) is 6.07 Å². The van der Waals surface area contributed by atoms with E-state index in [2.05, 4.69) is 15.5 Å². The predicted octanol–water partition coefficient (Wildman–Crippen LogP) is 1.27. The molecule has 1 aliphatic heterocycles. The van der Waals surface area contributed by atoms with Gasteiger partial charge in [0.15, 0.2) is 0 Å². The van der Waals surface area contributed by atoms with E-state index in [1.54, 1.807) is 12.1 Å². The van der Waals surface area contributed by atoms with E-state index in [1.165, 1.54) is 13.3 Å². The average molecular weight is 344 g/mol. The molecular weight excluding hydrogens is 320 g/mol. The number of ether oxygens (including phenoxy) is 2. The lowest BCUT2D eigenvalue weighted by Gasteiger charge is -2.26. The van der Waals surface area contributed by atoms with Crippen molar-refractivity contribution in [1.29, 1.82) is 5.26 Å². The van der Waals surface area contributed by atoms with Crippen LogP contribution in [0.2, 0.25) is 0 Å². The number of benzene rings is 1. The number of hydrogen-bond donors (Lipinski definition) is 2. The van der Waals surface area contributed by atoms with Gasteiger partial charge >= 0.3 is 0 Å². The Balaban J connectivity index is 1.89. The summed E-state index contributed by atoms with van der Waals surface area (Å²) in [5.41, 5.74) is 1.55. The number of nitrogens with one attached hydrogen (secondary N) is 2. The lowest BCUT2D eigenvalue weighted by Crippen LogP contribution is -2.39. The summed E-state index contributed by atoms with van der Waals surface area (Å²) < 4.78 is 10.5. The minimum atomic E-state index is -0.467. The zero-order chi connectivity index (χ0) is 18.1. The Labute approximate surface area is 148 Å². The topological polar surface area (TPSA) is 86.6 Å². The quantitative estimate of drug-likeness (QED) is 0.440. The Hall–Kier alpha value is -2.56. The normalized spacial score (nSPS) is 15.3. The van der Waals surface area contributed by atoms with Crippen molar-refractivity contribution < 1.29 is 14.3 Å². The number of hydrogen-bond acceptors (Lipinski definition) is 6. The molecule has 1 fully saturated rings. The molecule has 0 aliphatic carbocycles. The first kappa shape index (κ1) is 18.8. The van der Waals surface area contributed by atoms with Gasteiger partial charge in [-0.25, -0.2) is 0 Å². The maximum atomic E-state index is 12.3. The van der Waals surface area contributed by atoms with Crippen LogP contribution < -0.4 is 15.4 Å². The molecule has 0 saturated carbocycles. The second kappa shape index (κ2) is 9.67. The predicted molar refractivity (Wildman–Crippen MR) is 95.3 cm³/mol. The molecular formula is C18H24N4O3. The highest BCUT2D eigenvalue weighted by Gasteiger charge is 2.13. The van der Waals surface area contributed by atoms with Crippen molar-refractivity contribution in [3.8, 4) is 11.8 Å². The molecule has 0 unspecified atom stereocenters. The van der Waals surface area contributed by atoms with Crippen LogP contribution in [-0.4, -0.2) is 57.3 Å². The monoisotopic (exact) mass is 344 g/mol. The lowest BCUT2D eigenvalue weighted by atomic mass is 10.2. The maximum absolute atomic E-state index is 12.3. The first-order valence-corrected chi connectivity index (χ1v) is 8.24. The maximum Gasteiger partial charge on any atom is 0.267 e. The molecule has 0 atom stereocenters. The van der Waals surface area contributed by atoms with Crippen LogP contribution in [-0.2, 0) is 9.53 Å². The SMILES string of the molecule is COc1ccc(C)cc1NC(=O)/C(C#N)=C\NCCN1CCOCC1. The lowest BCUT2D eigenvalue weighted by molar-refractivity contribution is -0.112. The number of nitrogens with zero attached hydrogens (tertiary/aromatic N) is 2. The van der Waals surface area contributed by atoms with Gasteiger partial charge in [0.1, 0.15) is 17.4 Å². The molecule has 0 radical (unpaired) electrons.